The van der Waals surface area contributed by atoms with Crippen LogP contribution in [0.25, 0.3) is 0 Å². The number of hydrogen-bond acceptors (Lipinski definition) is 3. The van der Waals surface area contributed by atoms with Crippen LogP contribution in [-0.4, -0.2) is 18.2 Å². The molecule has 0 aromatic heterocycles. The summed E-state index contributed by atoms with van der Waals surface area (Å²) in [4.78, 5) is 10.7. The van der Waals surface area contributed by atoms with E-state index in [-0.39, 0.29) is 12.3 Å². The van der Waals surface area contributed by atoms with E-state index in [0.29, 0.717) is 6.61 Å². The van der Waals surface area contributed by atoms with Crippen LogP contribution in [0.15, 0.2) is 48.5 Å². The summed E-state index contributed by atoms with van der Waals surface area (Å²) in [6, 6.07) is 15.3. The highest BCUT2D eigenvalue weighted by atomic mass is 16.5. The van der Waals surface area contributed by atoms with Crippen molar-refractivity contribution >= 4 is 5.97 Å². The highest BCUT2D eigenvalue weighted by Gasteiger charge is 2.10. The zero-order valence-corrected chi connectivity index (χ0v) is 14.8. The van der Waals surface area contributed by atoms with E-state index in [2.05, 4.69) is 0 Å². The largest absolute Gasteiger partial charge is 0.497 e. The van der Waals surface area contributed by atoms with Crippen molar-refractivity contribution < 1.29 is 19.4 Å². The smallest absolute Gasteiger partial charge is 0.303 e. The molecule has 2 aromatic rings. The SMILES string of the molecule is CC.COc1ccc(COc2ccc(C(C)CC(=O)O)cc2)cc1. The van der Waals surface area contributed by atoms with E-state index in [0.717, 1.165) is 22.6 Å². The number of hydrogen-bond donors (Lipinski definition) is 1. The number of carboxylic acid groups (broad SMARTS) is 1. The van der Waals surface area contributed by atoms with Crippen LogP contribution in [-0.2, 0) is 11.4 Å². The van der Waals surface area contributed by atoms with E-state index in [4.69, 9.17) is 14.6 Å². The molecule has 4 nitrogen and oxygen atoms in total. The zero-order chi connectivity index (χ0) is 17.9. The van der Waals surface area contributed by atoms with Gasteiger partial charge in [0, 0.05) is 0 Å². The second kappa shape index (κ2) is 10.3. The average Bonchev–Trinajstić information content (AvgIpc) is 2.62. The molecular formula is C20H26O4. The van der Waals surface area contributed by atoms with E-state index in [1.165, 1.54) is 0 Å². The lowest BCUT2D eigenvalue weighted by molar-refractivity contribution is -0.137. The van der Waals surface area contributed by atoms with Gasteiger partial charge < -0.3 is 14.6 Å². The molecule has 0 amide bonds. The summed E-state index contributed by atoms with van der Waals surface area (Å²) in [5.74, 6) is 0.795. The molecule has 0 bridgehead atoms. The van der Waals surface area contributed by atoms with Crippen LogP contribution in [0.3, 0.4) is 0 Å². The van der Waals surface area contributed by atoms with E-state index in [1.54, 1.807) is 7.11 Å². The van der Waals surface area contributed by atoms with Gasteiger partial charge in [0.15, 0.2) is 0 Å². The Labute approximate surface area is 144 Å². The van der Waals surface area contributed by atoms with Crippen LogP contribution < -0.4 is 9.47 Å². The van der Waals surface area contributed by atoms with E-state index in [9.17, 15) is 4.79 Å². The third-order valence-corrected chi connectivity index (χ3v) is 3.49. The Hall–Kier alpha value is -2.49. The highest BCUT2D eigenvalue weighted by Crippen LogP contribution is 2.22. The maximum Gasteiger partial charge on any atom is 0.303 e. The Morgan fingerprint density at radius 2 is 1.54 bits per heavy atom. The molecule has 0 fully saturated rings. The van der Waals surface area contributed by atoms with E-state index < -0.39 is 5.97 Å². The monoisotopic (exact) mass is 330 g/mol. The van der Waals surface area contributed by atoms with Crippen molar-refractivity contribution in [1.82, 2.24) is 0 Å². The minimum Gasteiger partial charge on any atom is -0.497 e. The molecule has 0 aliphatic rings. The van der Waals surface area contributed by atoms with Crippen molar-refractivity contribution in [1.29, 1.82) is 0 Å². The molecule has 4 heteroatoms. The summed E-state index contributed by atoms with van der Waals surface area (Å²) < 4.78 is 10.8. The van der Waals surface area contributed by atoms with Crippen LogP contribution in [0.4, 0.5) is 0 Å². The van der Waals surface area contributed by atoms with Gasteiger partial charge in [0.25, 0.3) is 0 Å². The quantitative estimate of drug-likeness (QED) is 0.786. The Kier molecular flexibility index (Phi) is 8.41. The minimum atomic E-state index is -0.785. The van der Waals surface area contributed by atoms with Crippen molar-refractivity contribution in [3.8, 4) is 11.5 Å². The molecule has 0 aliphatic heterocycles. The second-order valence-corrected chi connectivity index (χ2v) is 5.20. The Morgan fingerprint density at radius 1 is 1.00 bits per heavy atom. The third kappa shape index (κ3) is 6.32. The van der Waals surface area contributed by atoms with Gasteiger partial charge in [0.2, 0.25) is 0 Å². The van der Waals surface area contributed by atoms with Gasteiger partial charge in [-0.15, -0.1) is 0 Å². The number of methoxy groups -OCH3 is 1. The molecule has 24 heavy (non-hydrogen) atoms. The Balaban J connectivity index is 0.00000139. The lowest BCUT2D eigenvalue weighted by atomic mass is 9.98. The van der Waals surface area contributed by atoms with Gasteiger partial charge in [-0.2, -0.15) is 0 Å². The standard InChI is InChI=1S/C18H20O4.C2H6/c1-13(11-18(19)20)15-5-9-17(10-6-15)22-12-14-3-7-16(21-2)8-4-14;1-2/h3-10,13H,11-12H2,1-2H3,(H,19,20);1-2H3. The fraction of sp³-hybridized carbons (Fsp3) is 0.350. The van der Waals surface area contributed by atoms with Crippen LogP contribution >= 0.6 is 0 Å². The number of ether oxygens (including phenoxy) is 2. The van der Waals surface area contributed by atoms with Crippen molar-refractivity contribution in [3.05, 3.63) is 59.7 Å². The predicted octanol–water partition coefficient (Wildman–Crippen LogP) is 4.88. The maximum absolute atomic E-state index is 10.7. The average molecular weight is 330 g/mol. The molecule has 1 N–H and O–H groups in total. The topological polar surface area (TPSA) is 55.8 Å². The van der Waals surface area contributed by atoms with Crippen LogP contribution in [0.5, 0.6) is 11.5 Å². The molecule has 0 saturated carbocycles. The van der Waals surface area contributed by atoms with Crippen LogP contribution in [0.1, 0.15) is 44.2 Å². The molecule has 0 heterocycles. The van der Waals surface area contributed by atoms with Crippen LogP contribution in [0.2, 0.25) is 0 Å². The summed E-state index contributed by atoms with van der Waals surface area (Å²) in [6.07, 6.45) is 0.131. The van der Waals surface area contributed by atoms with Gasteiger partial charge >= 0.3 is 5.97 Å². The molecule has 2 aromatic carbocycles. The van der Waals surface area contributed by atoms with Gasteiger partial charge in [-0.3, -0.25) is 4.79 Å². The van der Waals surface area contributed by atoms with Gasteiger partial charge in [-0.25, -0.2) is 0 Å². The van der Waals surface area contributed by atoms with Gasteiger partial charge in [-0.05, 0) is 41.3 Å². The highest BCUT2D eigenvalue weighted by molar-refractivity contribution is 5.67. The van der Waals surface area contributed by atoms with Gasteiger partial charge in [0.1, 0.15) is 18.1 Å². The first-order valence-corrected chi connectivity index (χ1v) is 8.16. The summed E-state index contributed by atoms with van der Waals surface area (Å²) >= 11 is 0. The number of carbonyl (C=O) groups is 1. The van der Waals surface area contributed by atoms with Crippen molar-refractivity contribution in [2.45, 2.75) is 39.7 Å². The van der Waals surface area contributed by atoms with Crippen molar-refractivity contribution in [2.75, 3.05) is 7.11 Å². The molecule has 0 aliphatic carbocycles. The normalized spacial score (nSPS) is 11.0. The minimum absolute atomic E-state index is 0.00635. The second-order valence-electron chi connectivity index (χ2n) is 5.20. The molecule has 1 unspecified atom stereocenters. The number of rotatable bonds is 7. The lowest BCUT2D eigenvalue weighted by Gasteiger charge is -2.11. The van der Waals surface area contributed by atoms with E-state index >= 15 is 0 Å². The van der Waals surface area contributed by atoms with Crippen molar-refractivity contribution in [2.24, 2.45) is 0 Å². The molecule has 2 rings (SSSR count). The molecule has 0 saturated heterocycles. The van der Waals surface area contributed by atoms with Crippen LogP contribution in [0, 0.1) is 0 Å². The zero-order valence-electron chi connectivity index (χ0n) is 14.8. The Bertz CT molecular complexity index is 603. The third-order valence-electron chi connectivity index (χ3n) is 3.49. The first kappa shape index (κ1) is 19.6. The number of aliphatic carboxylic acids is 1. The van der Waals surface area contributed by atoms with Gasteiger partial charge in [0.05, 0.1) is 13.5 Å². The first-order valence-electron chi connectivity index (χ1n) is 8.16. The number of benzene rings is 2. The molecule has 0 radical (unpaired) electrons. The summed E-state index contributed by atoms with van der Waals surface area (Å²) in [5.41, 5.74) is 2.06. The predicted molar refractivity (Wildman–Crippen MR) is 95.8 cm³/mol. The molecule has 0 spiro atoms. The Morgan fingerprint density at radius 3 is 2.04 bits per heavy atom. The summed E-state index contributed by atoms with van der Waals surface area (Å²) in [6.45, 7) is 6.38. The summed E-state index contributed by atoms with van der Waals surface area (Å²) in [7, 11) is 1.64. The fourth-order valence-electron chi connectivity index (χ4n) is 2.16. The first-order chi connectivity index (χ1) is 11.6. The maximum atomic E-state index is 10.7. The summed E-state index contributed by atoms with van der Waals surface area (Å²) in [5, 5.41) is 8.81. The van der Waals surface area contributed by atoms with E-state index in [1.807, 2.05) is 69.3 Å². The molecular weight excluding hydrogens is 304 g/mol. The number of carboxylic acids is 1. The molecule has 130 valence electrons. The fourth-order valence-corrected chi connectivity index (χ4v) is 2.16. The lowest BCUT2D eigenvalue weighted by Crippen LogP contribution is -2.03. The molecule has 1 atom stereocenters. The van der Waals surface area contributed by atoms with Crippen molar-refractivity contribution in [3.63, 3.8) is 0 Å². The van der Waals surface area contributed by atoms with Gasteiger partial charge in [-0.1, -0.05) is 45.0 Å².